The van der Waals surface area contributed by atoms with Crippen molar-refractivity contribution in [2.75, 3.05) is 0 Å². The van der Waals surface area contributed by atoms with Gasteiger partial charge in [0.05, 0.1) is 10.2 Å². The fraction of sp³-hybridized carbons (Fsp3) is 0. The van der Waals surface area contributed by atoms with E-state index in [1.54, 1.807) is 18.2 Å². The maximum atomic E-state index is 12.5. The van der Waals surface area contributed by atoms with Crippen LogP contribution in [0.25, 0.3) is 10.2 Å². The normalized spacial score (nSPS) is 10.7. The quantitative estimate of drug-likeness (QED) is 0.618. The zero-order chi connectivity index (χ0) is 7.84. The van der Waals surface area contributed by atoms with E-state index in [0.717, 1.165) is 16.0 Å². The fourth-order valence-corrected chi connectivity index (χ4v) is 1.71. The van der Waals surface area contributed by atoms with Crippen molar-refractivity contribution in [2.24, 2.45) is 0 Å². The Balaban J connectivity index is 2.82. The number of aromatic nitrogens is 1. The molecule has 0 aliphatic rings. The minimum Gasteiger partial charge on any atom is -0.209 e. The molecule has 1 aromatic carbocycles. The molecule has 1 aromatic heterocycles. The predicted molar refractivity (Wildman–Crippen MR) is 44.6 cm³/mol. The molecule has 0 amide bonds. The zero-order valence-electron chi connectivity index (χ0n) is 5.34. The number of hydrogen-bond donors (Lipinski definition) is 0. The first-order valence-corrected chi connectivity index (χ1v) is 4.17. The van der Waals surface area contributed by atoms with Crippen molar-refractivity contribution in [3.05, 3.63) is 28.5 Å². The minimum absolute atomic E-state index is 0.415. The van der Waals surface area contributed by atoms with Crippen LogP contribution in [0.3, 0.4) is 0 Å². The van der Waals surface area contributed by atoms with E-state index in [1.807, 2.05) is 0 Å². The molecule has 0 spiro atoms. The largest absolute Gasteiger partial charge is 0.270 e. The van der Waals surface area contributed by atoms with Crippen molar-refractivity contribution in [1.82, 2.24) is 4.98 Å². The highest BCUT2D eigenvalue weighted by atomic mass is 35.5. The standard InChI is InChI=1S/C7H3ClFNS/c8-4-1-2-6-5(3-4)10-7(9)11-6/h1-3H. The Hall–Kier alpha value is -0.670. The lowest BCUT2D eigenvalue weighted by atomic mass is 10.3. The van der Waals surface area contributed by atoms with Gasteiger partial charge in [-0.05, 0) is 18.2 Å². The Bertz CT molecular complexity index is 398. The Morgan fingerprint density at radius 3 is 3.09 bits per heavy atom. The topological polar surface area (TPSA) is 12.9 Å². The molecule has 0 aliphatic carbocycles. The molecule has 0 radical (unpaired) electrons. The smallest absolute Gasteiger partial charge is 0.209 e. The average molecular weight is 188 g/mol. The second-order valence-corrected chi connectivity index (χ2v) is 3.50. The number of halogens is 2. The second-order valence-electron chi connectivity index (χ2n) is 2.08. The van der Waals surface area contributed by atoms with Gasteiger partial charge in [0, 0.05) is 5.02 Å². The average Bonchev–Trinajstić information content (AvgIpc) is 2.27. The first kappa shape index (κ1) is 7.00. The Morgan fingerprint density at radius 2 is 2.27 bits per heavy atom. The fourth-order valence-electron chi connectivity index (χ4n) is 0.872. The van der Waals surface area contributed by atoms with Gasteiger partial charge >= 0.3 is 0 Å². The summed E-state index contributed by atoms with van der Waals surface area (Å²) in [5.74, 6) is 0. The molecule has 1 nitrogen and oxygen atoms in total. The summed E-state index contributed by atoms with van der Waals surface area (Å²) in [6, 6.07) is 5.14. The van der Waals surface area contributed by atoms with Gasteiger partial charge in [-0.1, -0.05) is 22.9 Å². The Kier molecular flexibility index (Phi) is 1.55. The van der Waals surface area contributed by atoms with Crippen LogP contribution in [0.1, 0.15) is 0 Å². The maximum absolute atomic E-state index is 12.5. The van der Waals surface area contributed by atoms with Crippen molar-refractivity contribution in [3.8, 4) is 0 Å². The molecule has 0 aliphatic heterocycles. The Morgan fingerprint density at radius 1 is 1.45 bits per heavy atom. The third-order valence-corrected chi connectivity index (χ3v) is 2.38. The van der Waals surface area contributed by atoms with Crippen molar-refractivity contribution >= 4 is 33.2 Å². The summed E-state index contributed by atoms with van der Waals surface area (Å²) < 4.78 is 13.3. The van der Waals surface area contributed by atoms with E-state index in [2.05, 4.69) is 4.98 Å². The van der Waals surface area contributed by atoms with Gasteiger partial charge in [-0.25, -0.2) is 4.98 Å². The van der Waals surface area contributed by atoms with Crippen molar-refractivity contribution in [1.29, 1.82) is 0 Å². The lowest BCUT2D eigenvalue weighted by Gasteiger charge is -1.86. The van der Waals surface area contributed by atoms with Crippen molar-refractivity contribution in [3.63, 3.8) is 0 Å². The predicted octanol–water partition coefficient (Wildman–Crippen LogP) is 3.09. The maximum Gasteiger partial charge on any atom is 0.270 e. The molecule has 0 N–H and O–H groups in total. The van der Waals surface area contributed by atoms with Crippen LogP contribution in [0.5, 0.6) is 0 Å². The Labute approximate surface area is 71.4 Å². The molecular formula is C7H3ClFNS. The molecule has 4 heteroatoms. The number of hydrogen-bond acceptors (Lipinski definition) is 2. The van der Waals surface area contributed by atoms with E-state index in [1.165, 1.54) is 0 Å². The molecule has 2 rings (SSSR count). The van der Waals surface area contributed by atoms with Gasteiger partial charge in [-0.2, -0.15) is 4.39 Å². The lowest BCUT2D eigenvalue weighted by Crippen LogP contribution is -1.68. The summed E-state index contributed by atoms with van der Waals surface area (Å²) in [6.45, 7) is 0. The first-order valence-electron chi connectivity index (χ1n) is 2.97. The molecule has 11 heavy (non-hydrogen) atoms. The highest BCUT2D eigenvalue weighted by molar-refractivity contribution is 7.17. The highest BCUT2D eigenvalue weighted by Gasteiger charge is 2.01. The molecule has 0 bridgehead atoms. The number of nitrogens with zero attached hydrogens (tertiary/aromatic N) is 1. The summed E-state index contributed by atoms with van der Waals surface area (Å²) in [5.41, 5.74) is 0.625. The van der Waals surface area contributed by atoms with Crippen LogP contribution in [-0.4, -0.2) is 4.98 Å². The van der Waals surface area contributed by atoms with Crippen LogP contribution in [0.2, 0.25) is 5.02 Å². The van der Waals surface area contributed by atoms with Crippen LogP contribution in [0.15, 0.2) is 18.2 Å². The first-order chi connectivity index (χ1) is 5.25. The molecule has 0 fully saturated rings. The van der Waals surface area contributed by atoms with E-state index in [9.17, 15) is 4.39 Å². The number of thiazole rings is 1. The molecule has 0 saturated carbocycles. The van der Waals surface area contributed by atoms with Gasteiger partial charge in [-0.15, -0.1) is 0 Å². The van der Waals surface area contributed by atoms with Crippen molar-refractivity contribution < 1.29 is 4.39 Å². The van der Waals surface area contributed by atoms with Crippen molar-refractivity contribution in [2.45, 2.75) is 0 Å². The SMILES string of the molecule is Fc1nc2cc(Cl)ccc2s1. The van der Waals surface area contributed by atoms with Crippen LogP contribution in [0.4, 0.5) is 4.39 Å². The number of rotatable bonds is 0. The summed E-state index contributed by atoms with van der Waals surface area (Å²) in [7, 11) is 0. The van der Waals surface area contributed by atoms with Gasteiger partial charge in [0.2, 0.25) is 0 Å². The van der Waals surface area contributed by atoms with E-state index in [-0.39, 0.29) is 0 Å². The monoisotopic (exact) mass is 187 g/mol. The number of fused-ring (bicyclic) bond motifs is 1. The van der Waals surface area contributed by atoms with Gasteiger partial charge in [0.25, 0.3) is 5.26 Å². The zero-order valence-corrected chi connectivity index (χ0v) is 6.92. The molecule has 0 unspecified atom stereocenters. The van der Waals surface area contributed by atoms with E-state index < -0.39 is 5.26 Å². The van der Waals surface area contributed by atoms with Crippen LogP contribution in [0, 0.1) is 5.26 Å². The van der Waals surface area contributed by atoms with Crippen LogP contribution < -0.4 is 0 Å². The van der Waals surface area contributed by atoms with Gasteiger partial charge < -0.3 is 0 Å². The number of benzene rings is 1. The minimum atomic E-state index is -0.415. The molecule has 2 aromatic rings. The molecule has 1 heterocycles. The highest BCUT2D eigenvalue weighted by Crippen LogP contribution is 2.23. The lowest BCUT2D eigenvalue weighted by molar-refractivity contribution is 0.620. The third-order valence-electron chi connectivity index (χ3n) is 1.32. The third kappa shape index (κ3) is 1.21. The summed E-state index contributed by atoms with van der Waals surface area (Å²) in [5, 5.41) is 0.171. The van der Waals surface area contributed by atoms with E-state index >= 15 is 0 Å². The van der Waals surface area contributed by atoms with Crippen LogP contribution >= 0.6 is 22.9 Å². The van der Waals surface area contributed by atoms with E-state index in [4.69, 9.17) is 11.6 Å². The van der Waals surface area contributed by atoms with Gasteiger partial charge in [0.1, 0.15) is 0 Å². The molecule has 0 saturated heterocycles. The summed E-state index contributed by atoms with van der Waals surface area (Å²) in [6.07, 6.45) is 0. The summed E-state index contributed by atoms with van der Waals surface area (Å²) in [4.78, 5) is 3.64. The molecular weight excluding hydrogens is 185 g/mol. The molecule has 56 valence electrons. The summed E-state index contributed by atoms with van der Waals surface area (Å²) >= 11 is 6.69. The van der Waals surface area contributed by atoms with E-state index in [0.29, 0.717) is 10.5 Å². The van der Waals surface area contributed by atoms with Crippen LogP contribution in [-0.2, 0) is 0 Å². The van der Waals surface area contributed by atoms with Gasteiger partial charge in [0.15, 0.2) is 0 Å². The van der Waals surface area contributed by atoms with Gasteiger partial charge in [-0.3, -0.25) is 0 Å². The molecule has 0 atom stereocenters. The second kappa shape index (κ2) is 2.43.